The standard InChI is InChI=1S/C9H15N3OS/c1-12-4-2-3-9(13,7-12)5-8-6-14-11-10-8/h6,13H,2-5,7H2,1H3. The molecule has 78 valence electrons. The van der Waals surface area contributed by atoms with Crippen LogP contribution in [0.5, 0.6) is 0 Å². The monoisotopic (exact) mass is 213 g/mol. The molecule has 1 aliphatic rings. The van der Waals surface area contributed by atoms with Crippen molar-refractivity contribution in [3.05, 3.63) is 11.1 Å². The third-order valence-corrected chi connectivity index (χ3v) is 3.21. The molecule has 1 fully saturated rings. The van der Waals surface area contributed by atoms with Gasteiger partial charge in [0.25, 0.3) is 0 Å². The molecule has 1 aromatic rings. The van der Waals surface area contributed by atoms with Crippen molar-refractivity contribution >= 4 is 11.5 Å². The fraction of sp³-hybridized carbons (Fsp3) is 0.778. The number of aromatic nitrogens is 2. The Kier molecular flexibility index (Phi) is 2.80. The van der Waals surface area contributed by atoms with Gasteiger partial charge in [-0.3, -0.25) is 0 Å². The molecule has 1 N–H and O–H groups in total. The van der Waals surface area contributed by atoms with E-state index < -0.39 is 5.60 Å². The van der Waals surface area contributed by atoms with E-state index in [9.17, 15) is 5.11 Å². The molecule has 1 atom stereocenters. The van der Waals surface area contributed by atoms with Crippen LogP contribution in [0.1, 0.15) is 18.5 Å². The predicted octanol–water partition coefficient (Wildman–Crippen LogP) is 0.537. The van der Waals surface area contributed by atoms with E-state index in [-0.39, 0.29) is 0 Å². The van der Waals surface area contributed by atoms with Crippen molar-refractivity contribution in [1.29, 1.82) is 0 Å². The minimum atomic E-state index is -0.594. The Morgan fingerprint density at radius 2 is 2.57 bits per heavy atom. The average molecular weight is 213 g/mol. The lowest BCUT2D eigenvalue weighted by Crippen LogP contribution is -2.47. The second-order valence-corrected chi connectivity index (χ2v) is 4.75. The summed E-state index contributed by atoms with van der Waals surface area (Å²) in [5.41, 5.74) is 0.316. The number of likely N-dealkylation sites (tertiary alicyclic amines) is 1. The number of piperidine rings is 1. The Balaban J connectivity index is 2.01. The highest BCUT2D eigenvalue weighted by Crippen LogP contribution is 2.23. The molecule has 0 amide bonds. The van der Waals surface area contributed by atoms with Gasteiger partial charge in [0.15, 0.2) is 0 Å². The van der Waals surface area contributed by atoms with Crippen molar-refractivity contribution in [3.63, 3.8) is 0 Å². The molecule has 0 aliphatic carbocycles. The predicted molar refractivity (Wildman–Crippen MR) is 55.3 cm³/mol. The summed E-state index contributed by atoms with van der Waals surface area (Å²) in [7, 11) is 2.05. The zero-order chi connectivity index (χ0) is 10.0. The van der Waals surface area contributed by atoms with E-state index in [2.05, 4.69) is 14.5 Å². The van der Waals surface area contributed by atoms with Crippen LogP contribution >= 0.6 is 11.5 Å². The van der Waals surface area contributed by atoms with Crippen LogP contribution in [0.25, 0.3) is 0 Å². The van der Waals surface area contributed by atoms with E-state index >= 15 is 0 Å². The minimum Gasteiger partial charge on any atom is -0.388 e. The fourth-order valence-electron chi connectivity index (χ4n) is 2.08. The quantitative estimate of drug-likeness (QED) is 0.779. The van der Waals surface area contributed by atoms with Gasteiger partial charge in [-0.1, -0.05) is 4.49 Å². The maximum Gasteiger partial charge on any atom is 0.0830 e. The van der Waals surface area contributed by atoms with Gasteiger partial charge in [0.1, 0.15) is 0 Å². The molecule has 2 heterocycles. The summed E-state index contributed by atoms with van der Waals surface area (Å²) in [4.78, 5) is 2.17. The van der Waals surface area contributed by atoms with Crippen molar-refractivity contribution in [2.24, 2.45) is 0 Å². The number of rotatable bonds is 2. The van der Waals surface area contributed by atoms with Gasteiger partial charge in [-0.25, -0.2) is 0 Å². The number of aliphatic hydroxyl groups is 1. The highest BCUT2D eigenvalue weighted by atomic mass is 32.1. The van der Waals surface area contributed by atoms with Crippen LogP contribution in [0, 0.1) is 0 Å². The lowest BCUT2D eigenvalue weighted by atomic mass is 9.89. The minimum absolute atomic E-state index is 0.594. The Morgan fingerprint density at radius 1 is 1.71 bits per heavy atom. The van der Waals surface area contributed by atoms with Crippen LogP contribution in [0.2, 0.25) is 0 Å². The van der Waals surface area contributed by atoms with E-state index in [1.165, 1.54) is 11.5 Å². The molecule has 1 unspecified atom stereocenters. The summed E-state index contributed by atoms with van der Waals surface area (Å²) in [5, 5.41) is 16.2. The van der Waals surface area contributed by atoms with Crippen LogP contribution in [-0.2, 0) is 6.42 Å². The summed E-state index contributed by atoms with van der Waals surface area (Å²) in [6.45, 7) is 1.82. The molecular formula is C9H15N3OS. The summed E-state index contributed by atoms with van der Waals surface area (Å²) in [5.74, 6) is 0. The Labute approximate surface area is 87.7 Å². The van der Waals surface area contributed by atoms with Gasteiger partial charge in [0.2, 0.25) is 0 Å². The van der Waals surface area contributed by atoms with Crippen molar-refractivity contribution in [3.8, 4) is 0 Å². The third kappa shape index (κ3) is 2.29. The number of hydrogen-bond donors (Lipinski definition) is 1. The molecule has 1 aliphatic heterocycles. The summed E-state index contributed by atoms with van der Waals surface area (Å²) >= 11 is 1.34. The van der Waals surface area contributed by atoms with Gasteiger partial charge in [0.05, 0.1) is 11.3 Å². The van der Waals surface area contributed by atoms with Gasteiger partial charge in [0, 0.05) is 18.3 Å². The van der Waals surface area contributed by atoms with Crippen molar-refractivity contribution in [1.82, 2.24) is 14.5 Å². The summed E-state index contributed by atoms with van der Waals surface area (Å²) < 4.78 is 3.80. The second kappa shape index (κ2) is 3.92. The van der Waals surface area contributed by atoms with Gasteiger partial charge in [-0.2, -0.15) is 0 Å². The van der Waals surface area contributed by atoms with Crippen LogP contribution in [0.3, 0.4) is 0 Å². The van der Waals surface area contributed by atoms with Crippen LogP contribution in [-0.4, -0.2) is 45.3 Å². The molecule has 0 radical (unpaired) electrons. The first-order chi connectivity index (χ1) is 6.68. The summed E-state index contributed by atoms with van der Waals surface area (Å²) in [6.07, 6.45) is 2.56. The smallest absolute Gasteiger partial charge is 0.0830 e. The van der Waals surface area contributed by atoms with Gasteiger partial charge >= 0.3 is 0 Å². The average Bonchev–Trinajstić information content (AvgIpc) is 2.55. The molecule has 0 aromatic carbocycles. The Bertz CT molecular complexity index is 290. The maximum absolute atomic E-state index is 10.3. The highest BCUT2D eigenvalue weighted by Gasteiger charge is 2.32. The van der Waals surface area contributed by atoms with Crippen molar-refractivity contribution in [2.75, 3.05) is 20.1 Å². The Morgan fingerprint density at radius 3 is 3.21 bits per heavy atom. The van der Waals surface area contributed by atoms with E-state index in [4.69, 9.17) is 0 Å². The number of β-amino-alcohol motifs (C(OH)–C–C–N with tert-alkyl or cyclic N) is 1. The molecule has 0 saturated carbocycles. The topological polar surface area (TPSA) is 49.2 Å². The van der Waals surface area contributed by atoms with Gasteiger partial charge in [-0.15, -0.1) is 5.10 Å². The van der Waals surface area contributed by atoms with Crippen LogP contribution in [0.15, 0.2) is 5.38 Å². The zero-order valence-corrected chi connectivity index (χ0v) is 9.13. The van der Waals surface area contributed by atoms with E-state index in [0.29, 0.717) is 6.42 Å². The van der Waals surface area contributed by atoms with Crippen molar-refractivity contribution in [2.45, 2.75) is 24.9 Å². The second-order valence-electron chi connectivity index (χ2n) is 4.14. The fourth-order valence-corrected chi connectivity index (χ4v) is 2.53. The third-order valence-electron chi connectivity index (χ3n) is 2.66. The molecule has 14 heavy (non-hydrogen) atoms. The first-order valence-corrected chi connectivity index (χ1v) is 5.68. The molecule has 0 spiro atoms. The highest BCUT2D eigenvalue weighted by molar-refractivity contribution is 7.03. The molecular weight excluding hydrogens is 198 g/mol. The number of hydrogen-bond acceptors (Lipinski definition) is 5. The maximum atomic E-state index is 10.3. The summed E-state index contributed by atoms with van der Waals surface area (Å²) in [6, 6.07) is 0. The van der Waals surface area contributed by atoms with Crippen LogP contribution < -0.4 is 0 Å². The van der Waals surface area contributed by atoms with Gasteiger partial charge in [-0.05, 0) is 38.0 Å². The van der Waals surface area contributed by atoms with E-state index in [1.807, 2.05) is 12.4 Å². The number of likely N-dealkylation sites (N-methyl/N-ethyl adjacent to an activating group) is 1. The molecule has 2 rings (SSSR count). The lowest BCUT2D eigenvalue weighted by Gasteiger charge is -2.36. The lowest BCUT2D eigenvalue weighted by molar-refractivity contribution is -0.0230. The van der Waals surface area contributed by atoms with Gasteiger partial charge < -0.3 is 10.0 Å². The molecule has 5 heteroatoms. The molecule has 1 aromatic heterocycles. The first kappa shape index (κ1) is 10.0. The van der Waals surface area contributed by atoms with E-state index in [1.54, 1.807) is 0 Å². The largest absolute Gasteiger partial charge is 0.388 e. The molecule has 0 bridgehead atoms. The SMILES string of the molecule is CN1CCCC(O)(Cc2csnn2)C1. The number of nitrogens with zero attached hydrogens (tertiary/aromatic N) is 3. The first-order valence-electron chi connectivity index (χ1n) is 4.85. The van der Waals surface area contributed by atoms with E-state index in [0.717, 1.165) is 31.6 Å². The van der Waals surface area contributed by atoms with Crippen molar-refractivity contribution < 1.29 is 5.11 Å². The Hall–Kier alpha value is -0.520. The normalized spacial score (nSPS) is 29.3. The molecule has 1 saturated heterocycles. The zero-order valence-electron chi connectivity index (χ0n) is 8.31. The molecule has 4 nitrogen and oxygen atoms in total. The van der Waals surface area contributed by atoms with Crippen LogP contribution in [0.4, 0.5) is 0 Å².